The molecule has 0 heterocycles. The van der Waals surface area contributed by atoms with Crippen molar-refractivity contribution in [3.63, 3.8) is 0 Å². The maximum atomic E-state index is 8.75. The molecule has 0 saturated carbocycles. The summed E-state index contributed by atoms with van der Waals surface area (Å²) in [5, 5.41) is 0. The second kappa shape index (κ2) is 2230. The molecular formula is C3H15F. The van der Waals surface area contributed by atoms with E-state index in [9.17, 15) is 0 Å². The van der Waals surface area contributed by atoms with Crippen LogP contribution >= 0.6 is 0 Å². The molecule has 0 radical (unpaired) electrons. The molecule has 0 aromatic rings. The minimum atomic E-state index is 0. The molecular weight excluding hydrogens is 55.0 g/mol. The zero-order chi connectivity index (χ0) is 2.00. The quantitative estimate of drug-likeness (QED) is 0.412. The standard InChI is InChI=1S/3CH4.FH.H2/h3*1H4;2*1H/i/hT. The van der Waals surface area contributed by atoms with Crippen LogP contribution in [0.3, 0.4) is 0 Å². The van der Waals surface area contributed by atoms with Crippen molar-refractivity contribution in [3.8, 4) is 0 Å². The summed E-state index contributed by atoms with van der Waals surface area (Å²) in [4.78, 5) is 0. The number of rotatable bonds is 0. The van der Waals surface area contributed by atoms with E-state index in [2.05, 4.69) is 1.45 Å². The van der Waals surface area contributed by atoms with Gasteiger partial charge in [-0.3, -0.25) is 4.72 Å². The Morgan fingerprint density at radius 1 is 1.25 bits per heavy atom. The highest BCUT2D eigenvalue weighted by Gasteiger charge is -0.0755. The molecule has 0 fully saturated rings. The van der Waals surface area contributed by atoms with Gasteiger partial charge in [0.05, 0.1) is 0 Å². The summed E-state index contributed by atoms with van der Waals surface area (Å²) in [7, 11) is 0. The third kappa shape index (κ3) is 341. The van der Waals surface area contributed by atoms with E-state index in [1.807, 2.05) is 0 Å². The van der Waals surface area contributed by atoms with Gasteiger partial charge in [0.25, 0.3) is 1.45 Å². The van der Waals surface area contributed by atoms with Gasteiger partial charge in [0.15, 0.2) is 0 Å². The minimum absolute atomic E-state index is 0. The first-order valence-corrected chi connectivity index (χ1v) is 0. The maximum Gasteiger partial charge on any atom is 0.269 e. The molecule has 0 saturated heterocycles. The molecule has 34 valence electrons. The Bertz CT molecular complexity index is 8.75. The summed E-state index contributed by atoms with van der Waals surface area (Å²) in [6.07, 6.45) is 0. The first-order valence-electron chi connectivity index (χ1n) is 0.378. The van der Waals surface area contributed by atoms with Crippen LogP contribution in [-0.2, 0) is 0 Å². The first-order chi connectivity index (χ1) is 1.00. The summed E-state index contributed by atoms with van der Waals surface area (Å²) in [5.74, 6) is 0. The van der Waals surface area contributed by atoms with Gasteiger partial charge in [-0.2, -0.15) is 0 Å². The molecule has 4 heavy (non-hydrogen) atoms. The molecule has 0 aromatic carbocycles. The van der Waals surface area contributed by atoms with Crippen molar-refractivity contribution in [2.45, 2.75) is 22.3 Å². The maximum absolute atomic E-state index is 8.75. The fourth-order valence-electron chi connectivity index (χ4n) is 0. The molecule has 0 aliphatic rings. The lowest BCUT2D eigenvalue weighted by Crippen LogP contribution is 0.143. The van der Waals surface area contributed by atoms with E-state index < -0.39 is 0 Å². The van der Waals surface area contributed by atoms with Gasteiger partial charge in [-0.1, -0.05) is 22.3 Å². The highest BCUT2D eigenvalue weighted by molar-refractivity contribution is 2.51. The van der Waals surface area contributed by atoms with Crippen LogP contribution in [0.5, 0.6) is 0 Å². The van der Waals surface area contributed by atoms with Crippen LogP contribution in [-0.4, -0.2) is 1.45 Å². The van der Waals surface area contributed by atoms with E-state index in [0.29, 0.717) is 0 Å². The Morgan fingerprint density at radius 2 is 1.25 bits per heavy atom. The normalized spacial score (nSPS) is 1.75. The highest BCUT2D eigenvalue weighted by Crippen LogP contribution is 0.420. The lowest BCUT2D eigenvalue weighted by atomic mass is 12.0. The molecule has 0 amide bonds. The van der Waals surface area contributed by atoms with Gasteiger partial charge in [-0.25, -0.2) is 0 Å². The molecule has 0 aliphatic carbocycles. The van der Waals surface area contributed by atoms with E-state index >= 15 is 0 Å². The molecule has 0 bridgehead atoms. The van der Waals surface area contributed by atoms with Crippen molar-refractivity contribution in [1.82, 2.24) is 0 Å². The van der Waals surface area contributed by atoms with Crippen LogP contribution in [0.1, 0.15) is 23.7 Å². The fraction of sp³-hybridized carbons (Fsp3) is 1.00. The van der Waals surface area contributed by atoms with Crippen LogP contribution in [0.2, 0.25) is 0 Å². The van der Waals surface area contributed by atoms with Crippen molar-refractivity contribution >= 4 is 0 Å². The molecule has 0 nitrogen and oxygen atoms in total. The molecule has 0 aromatic heterocycles. The Morgan fingerprint density at radius 3 is 1.25 bits per heavy atom. The van der Waals surface area contributed by atoms with Gasteiger partial charge in [0, 0.05) is 1.43 Å². The van der Waals surface area contributed by atoms with Gasteiger partial charge in [0.2, 0.25) is 0 Å². The zero-order valence-corrected chi connectivity index (χ0v) is 0.378. The Balaban J connectivity index is -0.000000000833. The van der Waals surface area contributed by atoms with Crippen molar-refractivity contribution in [2.75, 3.05) is 0 Å². The number of hydrogen-bond donors (Lipinski definition) is 0. The van der Waals surface area contributed by atoms with Crippen LogP contribution in [0.4, 0.5) is 4.72 Å². The Labute approximate surface area is 31.2 Å². The van der Waals surface area contributed by atoms with Gasteiger partial charge >= 0.3 is 0 Å². The summed E-state index contributed by atoms with van der Waals surface area (Å²) in [5.41, 5.74) is 0. The molecule has 0 rings (SSSR count). The summed E-state index contributed by atoms with van der Waals surface area (Å²) in [6, 6.07) is 0. The van der Waals surface area contributed by atoms with Crippen molar-refractivity contribution in [3.05, 3.63) is 0 Å². The fourth-order valence-corrected chi connectivity index (χ4v) is 0. The van der Waals surface area contributed by atoms with Crippen molar-refractivity contribution in [1.29, 1.82) is 1.45 Å². The van der Waals surface area contributed by atoms with Gasteiger partial charge in [0.1, 0.15) is 0 Å². The molecule has 0 unspecified atom stereocenters. The van der Waals surface area contributed by atoms with Crippen LogP contribution in [0.25, 0.3) is 0 Å². The van der Waals surface area contributed by atoms with Crippen LogP contribution in [0, 0.1) is 0 Å². The van der Waals surface area contributed by atoms with Crippen molar-refractivity contribution < 1.29 is 6.14 Å². The first kappa shape index (κ1) is 39.0. The smallest absolute Gasteiger partial charge is 0.269 e. The number of halogens is 1. The SMILES string of the molecule is C.C.C.[3H]F.[HH]. The van der Waals surface area contributed by atoms with E-state index in [1.165, 1.54) is 0 Å². The highest BCUT2D eigenvalue weighted by atomic mass is 19.0. The predicted octanol–water partition coefficient (Wildman–Crippen LogP) is 2.31. The van der Waals surface area contributed by atoms with E-state index in [4.69, 9.17) is 4.72 Å². The van der Waals surface area contributed by atoms with Gasteiger partial charge < -0.3 is 0 Å². The average molecular weight is 72.2 g/mol. The van der Waals surface area contributed by atoms with E-state index in [-0.39, 0.29) is 23.7 Å². The minimum Gasteiger partial charge on any atom is -0.269 e. The Kier molecular flexibility index (Phi) is 21700. The third-order valence-electron chi connectivity index (χ3n) is 0. The molecule has 0 spiro atoms. The number of hydrogen-bond acceptors (Lipinski definition) is 0. The van der Waals surface area contributed by atoms with Gasteiger partial charge in [-0.05, 0) is 0 Å². The summed E-state index contributed by atoms with van der Waals surface area (Å²) >= 11 is 0. The molecule has 1 heteroatoms. The third-order valence-corrected chi connectivity index (χ3v) is 0. The molecule has 0 N–H and O–H groups in total. The molecule has 0 aliphatic heterocycles. The Hall–Kier alpha value is -0.0700. The van der Waals surface area contributed by atoms with Gasteiger partial charge in [-0.15, -0.1) is 0 Å². The van der Waals surface area contributed by atoms with Crippen LogP contribution < -0.4 is 0 Å². The van der Waals surface area contributed by atoms with E-state index in [0.717, 1.165) is 0 Å². The lowest BCUT2D eigenvalue weighted by Gasteiger charge is -0.269. The predicted molar refractivity (Wildman–Crippen MR) is 24.8 cm³/mol. The topological polar surface area (TPSA) is 0 Å². The summed E-state index contributed by atoms with van der Waals surface area (Å²) < 4.78 is 13.0. The van der Waals surface area contributed by atoms with E-state index in [1.54, 1.807) is 0 Å². The monoisotopic (exact) mass is 72.1 g/mol. The average Bonchev–Trinajstić information content (AvgIpc) is 1.00. The van der Waals surface area contributed by atoms with Crippen LogP contribution in [0.15, 0.2) is 0 Å². The largest absolute Gasteiger partial charge is 0.269 e. The van der Waals surface area contributed by atoms with Crippen molar-refractivity contribution in [2.24, 2.45) is 0 Å². The second-order valence-corrected chi connectivity index (χ2v) is 0. The zero-order valence-electron chi connectivity index (χ0n) is 1.38. The second-order valence-electron chi connectivity index (χ2n) is 0. The summed E-state index contributed by atoms with van der Waals surface area (Å²) in [6.45, 7) is 0. The lowest BCUT2D eigenvalue weighted by molar-refractivity contribution is 1.11. The molecule has 0 atom stereocenters.